The number of hydrogen-bond acceptors (Lipinski definition) is 6. The fourth-order valence-electron chi connectivity index (χ4n) is 6.62. The molecule has 3 N–H and O–H groups in total. The highest BCUT2D eigenvalue weighted by atomic mass is 28.4. The lowest BCUT2D eigenvalue weighted by Crippen LogP contribution is -2.46. The van der Waals surface area contributed by atoms with Crippen molar-refractivity contribution in [2.75, 3.05) is 30.5 Å². The Balaban J connectivity index is 1.73. The summed E-state index contributed by atoms with van der Waals surface area (Å²) >= 11 is 0. The molecule has 0 bridgehead atoms. The smallest absolute Gasteiger partial charge is 0.264 e. The van der Waals surface area contributed by atoms with Gasteiger partial charge in [0.2, 0.25) is 0 Å². The predicted molar refractivity (Wildman–Crippen MR) is 173 cm³/mol. The summed E-state index contributed by atoms with van der Waals surface area (Å²) < 4.78 is 11.9. The molecule has 0 aliphatic carbocycles. The zero-order valence-corrected chi connectivity index (χ0v) is 27.4. The van der Waals surface area contributed by atoms with Crippen molar-refractivity contribution >= 4 is 31.5 Å². The number of rotatable bonds is 11. The van der Waals surface area contributed by atoms with Crippen LogP contribution in [0.3, 0.4) is 0 Å². The molecule has 2 aromatic rings. The van der Waals surface area contributed by atoms with Gasteiger partial charge in [0.15, 0.2) is 13.9 Å². The molecule has 232 valence electrons. The maximum Gasteiger partial charge on any atom is 0.264 e. The first-order chi connectivity index (χ1) is 20.3. The molecule has 2 aromatic carbocycles. The van der Waals surface area contributed by atoms with Crippen LogP contribution in [0.15, 0.2) is 65.8 Å². The largest absolute Gasteiger partial charge is 0.497 e. The standard InChI is InChI=1S/C34H46N2O6Si/c1-22(2)9-8-10-23(3)17-19-36-29-16-13-26(35-32(38)25-11-14-27(41-5)15-12-25)21-28(29)34(33(36)39)24(4)31(43(6,7)40)30(42-34)18-20-37/h9,11-17,21,24,30-31,37,40H,8,10,18-20H2,1-7H3,(H,35,38)/b23-17+/t24-,30+,31-,34+/m1/s1. The number of carbonyl (C=O) groups excluding carboxylic acids is 2. The molecular weight excluding hydrogens is 560 g/mol. The number of fused-ring (bicyclic) bond motifs is 2. The number of aliphatic hydroxyl groups is 1. The summed E-state index contributed by atoms with van der Waals surface area (Å²) in [4.78, 5) is 40.7. The van der Waals surface area contributed by atoms with Gasteiger partial charge in [-0.15, -0.1) is 0 Å². The zero-order valence-electron chi connectivity index (χ0n) is 26.4. The molecular formula is C34H46N2O6Si. The molecule has 0 unspecified atom stereocenters. The molecule has 4 rings (SSSR count). The van der Waals surface area contributed by atoms with E-state index in [1.54, 1.807) is 42.3 Å². The van der Waals surface area contributed by atoms with Gasteiger partial charge < -0.3 is 29.6 Å². The third kappa shape index (κ3) is 6.65. The van der Waals surface area contributed by atoms with Gasteiger partial charge >= 0.3 is 0 Å². The van der Waals surface area contributed by atoms with Crippen molar-refractivity contribution in [3.05, 3.63) is 76.9 Å². The SMILES string of the molecule is COc1ccc(C(=O)Nc2ccc3c(c2)[C@]2(O[C@@H](CCO)[C@H]([Si](C)(C)O)[C@H]2C)C(=O)N3C/C=C(\C)CCC=C(C)C)cc1. The highest BCUT2D eigenvalue weighted by Gasteiger charge is 2.66. The van der Waals surface area contributed by atoms with Gasteiger partial charge in [-0.05, 0) is 95.6 Å². The normalized spacial score (nSPS) is 23.5. The summed E-state index contributed by atoms with van der Waals surface area (Å²) in [7, 11) is -1.24. The highest BCUT2D eigenvalue weighted by Crippen LogP contribution is 2.59. The Morgan fingerprint density at radius 2 is 1.84 bits per heavy atom. The van der Waals surface area contributed by atoms with Crippen LogP contribution in [0.4, 0.5) is 11.4 Å². The van der Waals surface area contributed by atoms with E-state index in [1.165, 1.54) is 11.1 Å². The first-order valence-corrected chi connectivity index (χ1v) is 18.1. The van der Waals surface area contributed by atoms with E-state index in [-0.39, 0.29) is 29.9 Å². The number of carbonyl (C=O) groups is 2. The van der Waals surface area contributed by atoms with Gasteiger partial charge in [0.05, 0.1) is 18.9 Å². The number of benzene rings is 2. The molecule has 43 heavy (non-hydrogen) atoms. The van der Waals surface area contributed by atoms with Crippen LogP contribution in [0, 0.1) is 5.92 Å². The van der Waals surface area contributed by atoms with Crippen molar-refractivity contribution in [2.45, 2.75) is 77.3 Å². The lowest BCUT2D eigenvalue weighted by molar-refractivity contribution is -0.146. The number of methoxy groups -OCH3 is 1. The number of ether oxygens (including phenoxy) is 2. The van der Waals surface area contributed by atoms with Crippen LogP contribution in [0.25, 0.3) is 0 Å². The molecule has 0 aromatic heterocycles. The van der Waals surface area contributed by atoms with Gasteiger partial charge in [-0.1, -0.05) is 30.2 Å². The maximum atomic E-state index is 14.5. The van der Waals surface area contributed by atoms with Crippen molar-refractivity contribution in [1.29, 1.82) is 0 Å². The predicted octanol–water partition coefficient (Wildman–Crippen LogP) is 6.17. The Morgan fingerprint density at radius 3 is 2.44 bits per heavy atom. The van der Waals surface area contributed by atoms with Crippen molar-refractivity contribution in [2.24, 2.45) is 5.92 Å². The number of nitrogens with one attached hydrogen (secondary N) is 1. The summed E-state index contributed by atoms with van der Waals surface area (Å²) in [5.74, 6) is -0.147. The van der Waals surface area contributed by atoms with E-state index < -0.39 is 20.0 Å². The third-order valence-electron chi connectivity index (χ3n) is 8.72. The maximum absolute atomic E-state index is 14.5. The average Bonchev–Trinajstić information content (AvgIpc) is 3.37. The fraction of sp³-hybridized carbons (Fsp3) is 0.471. The van der Waals surface area contributed by atoms with Crippen LogP contribution in [0.2, 0.25) is 18.6 Å². The second-order valence-corrected chi connectivity index (χ2v) is 16.5. The summed E-state index contributed by atoms with van der Waals surface area (Å²) in [5, 5.41) is 12.8. The Hall–Kier alpha value is -3.24. The van der Waals surface area contributed by atoms with Crippen molar-refractivity contribution in [1.82, 2.24) is 0 Å². The summed E-state index contributed by atoms with van der Waals surface area (Å²) in [6.07, 6.45) is 6.00. The van der Waals surface area contributed by atoms with E-state index in [1.807, 2.05) is 32.2 Å². The van der Waals surface area contributed by atoms with Crippen LogP contribution in [-0.4, -0.2) is 56.4 Å². The van der Waals surface area contributed by atoms with E-state index in [4.69, 9.17) is 9.47 Å². The number of allylic oxidation sites excluding steroid dienone is 3. The number of hydrogen-bond donors (Lipinski definition) is 3. The summed E-state index contributed by atoms with van der Waals surface area (Å²) in [5.41, 5.74) is 3.29. The molecule has 2 amide bonds. The van der Waals surface area contributed by atoms with Gasteiger partial charge in [0, 0.05) is 41.4 Å². The van der Waals surface area contributed by atoms with Gasteiger partial charge in [-0.2, -0.15) is 0 Å². The molecule has 8 nitrogen and oxygen atoms in total. The second kappa shape index (κ2) is 13.2. The molecule has 2 aliphatic rings. The Morgan fingerprint density at radius 1 is 1.14 bits per heavy atom. The second-order valence-electron chi connectivity index (χ2n) is 12.6. The first kappa shape index (κ1) is 32.7. The molecule has 0 saturated carbocycles. The highest BCUT2D eigenvalue weighted by molar-refractivity contribution is 6.71. The lowest BCUT2D eigenvalue weighted by Gasteiger charge is -2.32. The summed E-state index contributed by atoms with van der Waals surface area (Å²) in [6, 6.07) is 12.4. The minimum absolute atomic E-state index is 0.106. The van der Waals surface area contributed by atoms with Gasteiger partial charge in [0.1, 0.15) is 5.75 Å². The topological polar surface area (TPSA) is 108 Å². The third-order valence-corrected chi connectivity index (χ3v) is 11.2. The minimum Gasteiger partial charge on any atom is -0.497 e. The van der Waals surface area contributed by atoms with Crippen molar-refractivity contribution < 1.29 is 29.0 Å². The zero-order chi connectivity index (χ0) is 31.5. The van der Waals surface area contributed by atoms with Crippen molar-refractivity contribution in [3.8, 4) is 5.75 Å². The van der Waals surface area contributed by atoms with E-state index in [0.29, 0.717) is 35.5 Å². The average molecular weight is 607 g/mol. The van der Waals surface area contributed by atoms with Crippen LogP contribution in [0.1, 0.15) is 62.9 Å². The van der Waals surface area contributed by atoms with Crippen LogP contribution < -0.4 is 15.0 Å². The molecule has 1 saturated heterocycles. The van der Waals surface area contributed by atoms with Gasteiger partial charge in [0.25, 0.3) is 11.8 Å². The number of aliphatic hydroxyl groups excluding tert-OH is 1. The number of nitrogens with zero attached hydrogens (tertiary/aromatic N) is 1. The van der Waals surface area contributed by atoms with Gasteiger partial charge in [-0.25, -0.2) is 0 Å². The van der Waals surface area contributed by atoms with E-state index in [9.17, 15) is 19.5 Å². The quantitative estimate of drug-likeness (QED) is 0.209. The Kier molecular flexibility index (Phi) is 10.0. The van der Waals surface area contributed by atoms with E-state index >= 15 is 0 Å². The molecule has 2 heterocycles. The monoisotopic (exact) mass is 606 g/mol. The van der Waals surface area contributed by atoms with E-state index in [2.05, 4.69) is 38.2 Å². The van der Waals surface area contributed by atoms with Crippen LogP contribution in [-0.2, 0) is 15.1 Å². The summed E-state index contributed by atoms with van der Waals surface area (Å²) in [6.45, 7) is 12.2. The first-order valence-electron chi connectivity index (χ1n) is 15.1. The van der Waals surface area contributed by atoms with Crippen LogP contribution in [0.5, 0.6) is 5.75 Å². The Labute approximate surface area is 256 Å². The van der Waals surface area contributed by atoms with E-state index in [0.717, 1.165) is 18.5 Å². The molecule has 1 fully saturated rings. The minimum atomic E-state index is -2.81. The van der Waals surface area contributed by atoms with Gasteiger partial charge in [-0.3, -0.25) is 9.59 Å². The molecule has 4 atom stereocenters. The lowest BCUT2D eigenvalue weighted by atomic mass is 9.82. The molecule has 9 heteroatoms. The Bertz CT molecular complexity index is 1390. The van der Waals surface area contributed by atoms with Crippen LogP contribution >= 0.6 is 0 Å². The van der Waals surface area contributed by atoms with Crippen molar-refractivity contribution in [3.63, 3.8) is 0 Å². The molecule has 2 aliphatic heterocycles. The number of amides is 2. The number of anilines is 2. The molecule has 1 spiro atoms. The fourth-order valence-corrected chi connectivity index (χ4v) is 9.22. The molecule has 0 radical (unpaired) electrons.